The van der Waals surface area contributed by atoms with Crippen molar-refractivity contribution in [3.05, 3.63) is 63.5 Å². The summed E-state index contributed by atoms with van der Waals surface area (Å²) in [5.74, 6) is 0. The number of aromatic nitrogens is 2. The Morgan fingerprint density at radius 3 is 2.50 bits per heavy atom. The number of para-hydroxylation sites is 1. The van der Waals surface area contributed by atoms with E-state index in [1.807, 2.05) is 35.0 Å². The fraction of sp³-hybridized carbons (Fsp3) is 0.0714. The van der Waals surface area contributed by atoms with Gasteiger partial charge in [0.25, 0.3) is 0 Å². The third-order valence-electron chi connectivity index (χ3n) is 2.87. The number of rotatable bonds is 3. The van der Waals surface area contributed by atoms with Crippen molar-refractivity contribution in [1.82, 2.24) is 9.38 Å². The van der Waals surface area contributed by atoms with E-state index in [-0.39, 0.29) is 0 Å². The average Bonchev–Trinajstić information content (AvgIpc) is 2.80. The highest BCUT2D eigenvalue weighted by atomic mass is 35.5. The highest BCUT2D eigenvalue weighted by Crippen LogP contribution is 2.30. The molecule has 2 aromatic heterocycles. The Morgan fingerprint density at radius 1 is 1.00 bits per heavy atom. The number of imidazole rings is 1. The summed E-state index contributed by atoms with van der Waals surface area (Å²) in [6.45, 7) is 0.531. The molecule has 0 aliphatic heterocycles. The van der Waals surface area contributed by atoms with Gasteiger partial charge in [0.15, 0.2) is 0 Å². The van der Waals surface area contributed by atoms with Gasteiger partial charge in [0.1, 0.15) is 5.65 Å². The van der Waals surface area contributed by atoms with Gasteiger partial charge in [-0.25, -0.2) is 4.98 Å². The Labute approximate surface area is 131 Å². The molecule has 0 amide bonds. The maximum atomic E-state index is 6.11. The zero-order valence-corrected chi connectivity index (χ0v) is 12.5. The summed E-state index contributed by atoms with van der Waals surface area (Å²) in [5.41, 5.74) is 2.44. The van der Waals surface area contributed by atoms with Gasteiger partial charge in [0.05, 0.1) is 33.0 Å². The van der Waals surface area contributed by atoms with Crippen molar-refractivity contribution < 1.29 is 0 Å². The molecular formula is C14H10Cl3N3. The predicted octanol–water partition coefficient (Wildman–Crippen LogP) is 4.91. The molecule has 0 saturated carbocycles. The van der Waals surface area contributed by atoms with Crippen LogP contribution in [0.3, 0.4) is 0 Å². The van der Waals surface area contributed by atoms with Crippen LogP contribution in [0, 0.1) is 0 Å². The van der Waals surface area contributed by atoms with Crippen molar-refractivity contribution in [2.75, 3.05) is 5.32 Å². The smallest absolute Gasteiger partial charge is 0.137 e. The lowest BCUT2D eigenvalue weighted by Gasteiger charge is -2.08. The van der Waals surface area contributed by atoms with Crippen molar-refractivity contribution in [3.8, 4) is 0 Å². The Balaban J connectivity index is 1.83. The van der Waals surface area contributed by atoms with E-state index in [1.165, 1.54) is 0 Å². The van der Waals surface area contributed by atoms with Crippen LogP contribution in [0.2, 0.25) is 15.1 Å². The molecule has 1 aromatic carbocycles. The van der Waals surface area contributed by atoms with Crippen LogP contribution in [0.25, 0.3) is 5.65 Å². The largest absolute Gasteiger partial charge is 0.377 e. The number of halogens is 3. The molecular weight excluding hydrogens is 317 g/mol. The van der Waals surface area contributed by atoms with E-state index in [9.17, 15) is 0 Å². The minimum absolute atomic E-state index is 0.531. The Kier molecular flexibility index (Phi) is 3.74. The summed E-state index contributed by atoms with van der Waals surface area (Å²) in [6, 6.07) is 9.07. The first kappa shape index (κ1) is 13.6. The molecule has 3 aromatic rings. The lowest BCUT2D eigenvalue weighted by atomic mass is 10.3. The lowest BCUT2D eigenvalue weighted by Crippen LogP contribution is -2.00. The van der Waals surface area contributed by atoms with Crippen LogP contribution in [0.4, 0.5) is 5.69 Å². The summed E-state index contributed by atoms with van der Waals surface area (Å²) >= 11 is 18.2. The quantitative estimate of drug-likeness (QED) is 0.741. The summed E-state index contributed by atoms with van der Waals surface area (Å²) in [7, 11) is 0. The van der Waals surface area contributed by atoms with Crippen molar-refractivity contribution >= 4 is 46.1 Å². The molecule has 0 saturated heterocycles. The fourth-order valence-electron chi connectivity index (χ4n) is 1.95. The van der Waals surface area contributed by atoms with E-state index in [0.717, 1.165) is 11.3 Å². The van der Waals surface area contributed by atoms with Gasteiger partial charge in [-0.15, -0.1) is 0 Å². The van der Waals surface area contributed by atoms with Gasteiger partial charge in [-0.1, -0.05) is 40.9 Å². The van der Waals surface area contributed by atoms with Crippen LogP contribution in [-0.2, 0) is 6.54 Å². The van der Waals surface area contributed by atoms with Gasteiger partial charge >= 0.3 is 0 Å². The topological polar surface area (TPSA) is 29.3 Å². The Hall–Kier alpha value is -1.42. The van der Waals surface area contributed by atoms with Crippen LogP contribution in [0.5, 0.6) is 0 Å². The zero-order chi connectivity index (χ0) is 14.1. The van der Waals surface area contributed by atoms with E-state index >= 15 is 0 Å². The maximum Gasteiger partial charge on any atom is 0.137 e. The standard InChI is InChI=1S/C14H10Cl3N3/c15-9-4-5-13-19-10(8-20(13)7-9)6-18-14-11(16)2-1-3-12(14)17/h1-5,7-8,18H,6H2. The molecule has 20 heavy (non-hydrogen) atoms. The fourth-order valence-corrected chi connectivity index (χ4v) is 2.65. The van der Waals surface area contributed by atoms with Crippen molar-refractivity contribution in [2.24, 2.45) is 0 Å². The predicted molar refractivity (Wildman–Crippen MR) is 84.0 cm³/mol. The zero-order valence-electron chi connectivity index (χ0n) is 10.3. The number of nitrogens with zero attached hydrogens (tertiary/aromatic N) is 2. The Morgan fingerprint density at radius 2 is 1.75 bits per heavy atom. The first-order valence-corrected chi connectivity index (χ1v) is 7.08. The highest BCUT2D eigenvalue weighted by Gasteiger charge is 2.06. The first-order valence-electron chi connectivity index (χ1n) is 5.94. The monoisotopic (exact) mass is 325 g/mol. The van der Waals surface area contributed by atoms with Crippen LogP contribution >= 0.6 is 34.8 Å². The normalized spacial score (nSPS) is 10.9. The van der Waals surface area contributed by atoms with E-state index in [0.29, 0.717) is 27.3 Å². The molecule has 2 heterocycles. The number of hydrogen-bond acceptors (Lipinski definition) is 2. The summed E-state index contributed by atoms with van der Waals surface area (Å²) in [4.78, 5) is 4.48. The number of pyridine rings is 1. The van der Waals surface area contributed by atoms with E-state index in [1.54, 1.807) is 12.1 Å². The van der Waals surface area contributed by atoms with E-state index in [2.05, 4.69) is 10.3 Å². The molecule has 0 aliphatic rings. The molecule has 102 valence electrons. The molecule has 0 spiro atoms. The third-order valence-corrected chi connectivity index (χ3v) is 3.73. The molecule has 0 radical (unpaired) electrons. The number of anilines is 1. The number of fused-ring (bicyclic) bond motifs is 1. The molecule has 3 rings (SSSR count). The van der Waals surface area contributed by atoms with Gasteiger partial charge in [-0.05, 0) is 24.3 Å². The number of hydrogen-bond donors (Lipinski definition) is 1. The van der Waals surface area contributed by atoms with E-state index < -0.39 is 0 Å². The van der Waals surface area contributed by atoms with Gasteiger partial charge in [-0.2, -0.15) is 0 Å². The molecule has 0 fully saturated rings. The SMILES string of the molecule is Clc1ccc2nc(CNc3c(Cl)cccc3Cl)cn2c1. The van der Waals surface area contributed by atoms with Crippen LogP contribution in [0.1, 0.15) is 5.69 Å². The second-order valence-electron chi connectivity index (χ2n) is 4.30. The number of nitrogens with one attached hydrogen (secondary N) is 1. The van der Waals surface area contributed by atoms with Gasteiger partial charge in [0.2, 0.25) is 0 Å². The second kappa shape index (κ2) is 5.52. The summed E-state index contributed by atoms with van der Waals surface area (Å²) in [5, 5.41) is 5.04. The maximum absolute atomic E-state index is 6.11. The molecule has 0 aliphatic carbocycles. The minimum Gasteiger partial charge on any atom is -0.377 e. The first-order chi connectivity index (χ1) is 9.63. The van der Waals surface area contributed by atoms with Gasteiger partial charge in [-0.3, -0.25) is 0 Å². The molecule has 3 nitrogen and oxygen atoms in total. The van der Waals surface area contributed by atoms with Crippen LogP contribution in [0.15, 0.2) is 42.7 Å². The van der Waals surface area contributed by atoms with Crippen LogP contribution < -0.4 is 5.32 Å². The Bertz CT molecular complexity index is 747. The molecule has 1 N–H and O–H groups in total. The summed E-state index contributed by atoms with van der Waals surface area (Å²) in [6.07, 6.45) is 3.73. The molecule has 6 heteroatoms. The third kappa shape index (κ3) is 2.70. The van der Waals surface area contributed by atoms with Gasteiger partial charge in [0, 0.05) is 12.4 Å². The minimum atomic E-state index is 0.531. The second-order valence-corrected chi connectivity index (χ2v) is 5.55. The molecule has 0 bridgehead atoms. The lowest BCUT2D eigenvalue weighted by molar-refractivity contribution is 1.08. The molecule has 0 atom stereocenters. The van der Waals surface area contributed by atoms with E-state index in [4.69, 9.17) is 34.8 Å². The molecule has 0 unspecified atom stereocenters. The van der Waals surface area contributed by atoms with Crippen molar-refractivity contribution in [2.45, 2.75) is 6.54 Å². The summed E-state index contributed by atoms with van der Waals surface area (Å²) < 4.78 is 1.88. The van der Waals surface area contributed by atoms with Gasteiger partial charge < -0.3 is 9.72 Å². The van der Waals surface area contributed by atoms with Crippen molar-refractivity contribution in [1.29, 1.82) is 0 Å². The number of benzene rings is 1. The highest BCUT2D eigenvalue weighted by molar-refractivity contribution is 6.39. The average molecular weight is 327 g/mol. The van der Waals surface area contributed by atoms with Crippen LogP contribution in [-0.4, -0.2) is 9.38 Å². The van der Waals surface area contributed by atoms with Crippen molar-refractivity contribution in [3.63, 3.8) is 0 Å².